The summed E-state index contributed by atoms with van der Waals surface area (Å²) < 4.78 is 11.3. The molecule has 1 fully saturated rings. The molecule has 1 aliphatic heterocycles. The topological polar surface area (TPSA) is 149 Å². The summed E-state index contributed by atoms with van der Waals surface area (Å²) in [6.45, 7) is 3.67. The molecule has 1 saturated heterocycles. The van der Waals surface area contributed by atoms with Gasteiger partial charge >= 0.3 is 0 Å². The van der Waals surface area contributed by atoms with Crippen molar-refractivity contribution < 1.29 is 39.8 Å². The van der Waals surface area contributed by atoms with E-state index in [-0.39, 0.29) is 12.5 Å². The summed E-state index contributed by atoms with van der Waals surface area (Å²) in [4.78, 5) is 13.1. The number of hydrogen-bond donors (Lipinski definition) is 6. The predicted octanol–water partition coefficient (Wildman–Crippen LogP) is 20.8. The Morgan fingerprint density at radius 1 is 0.393 bits per heavy atom. The quantitative estimate of drug-likeness (QED) is 0.0261. The van der Waals surface area contributed by atoms with Crippen molar-refractivity contribution in [3.63, 3.8) is 0 Å². The summed E-state index contributed by atoms with van der Waals surface area (Å²) in [6.07, 6.45) is 95.6. The number of aliphatic hydroxyl groups excluding tert-OH is 5. The van der Waals surface area contributed by atoms with Gasteiger partial charge in [0.05, 0.1) is 25.4 Å². The van der Waals surface area contributed by atoms with E-state index >= 15 is 0 Å². The maximum atomic E-state index is 13.1. The van der Waals surface area contributed by atoms with Gasteiger partial charge in [-0.25, -0.2) is 0 Å². The van der Waals surface area contributed by atoms with Crippen LogP contribution in [0.3, 0.4) is 0 Å². The van der Waals surface area contributed by atoms with Crippen LogP contribution < -0.4 is 5.32 Å². The minimum Gasteiger partial charge on any atom is -0.394 e. The Balaban J connectivity index is 2.16. The van der Waals surface area contributed by atoms with Crippen molar-refractivity contribution in [2.45, 2.75) is 352 Å². The fraction of sp³-hybridized carbons (Fsp3) is 0.713. The van der Waals surface area contributed by atoms with Gasteiger partial charge < -0.3 is 40.3 Å². The van der Waals surface area contributed by atoms with Crippen molar-refractivity contribution in [3.8, 4) is 0 Å². The number of aliphatic hydroxyl groups is 5. The van der Waals surface area contributed by atoms with Crippen molar-refractivity contribution in [1.82, 2.24) is 5.32 Å². The third-order valence-electron chi connectivity index (χ3n) is 16.7. The van der Waals surface area contributed by atoms with Gasteiger partial charge in [0.15, 0.2) is 6.29 Å². The Labute approximate surface area is 547 Å². The maximum absolute atomic E-state index is 13.1. The highest BCUT2D eigenvalue weighted by atomic mass is 16.7. The smallest absolute Gasteiger partial charge is 0.220 e. The van der Waals surface area contributed by atoms with Crippen LogP contribution in [0.5, 0.6) is 0 Å². The molecule has 0 radical (unpaired) electrons. The van der Waals surface area contributed by atoms with Gasteiger partial charge in [-0.3, -0.25) is 4.79 Å². The van der Waals surface area contributed by atoms with Crippen molar-refractivity contribution in [1.29, 1.82) is 0 Å². The van der Waals surface area contributed by atoms with Crippen LogP contribution in [0.4, 0.5) is 0 Å². The van der Waals surface area contributed by atoms with E-state index in [9.17, 15) is 30.3 Å². The van der Waals surface area contributed by atoms with Crippen LogP contribution in [0, 0.1) is 0 Å². The molecule has 0 aromatic carbocycles. The summed E-state index contributed by atoms with van der Waals surface area (Å²) in [5.74, 6) is -0.195. The fourth-order valence-electron chi connectivity index (χ4n) is 11.0. The van der Waals surface area contributed by atoms with Gasteiger partial charge in [-0.15, -0.1) is 0 Å². The highest BCUT2D eigenvalue weighted by Gasteiger charge is 2.44. The molecule has 1 rings (SSSR count). The molecule has 510 valence electrons. The number of carbonyl (C=O) groups excluding carboxylic acids is 1. The van der Waals surface area contributed by atoms with Gasteiger partial charge in [0.1, 0.15) is 24.4 Å². The normalized spacial score (nSPS) is 18.7. The molecule has 0 aromatic rings. The van der Waals surface area contributed by atoms with E-state index in [0.717, 1.165) is 103 Å². The summed E-state index contributed by atoms with van der Waals surface area (Å²) >= 11 is 0. The van der Waals surface area contributed by atoms with Crippen molar-refractivity contribution >= 4 is 5.91 Å². The summed E-state index contributed by atoms with van der Waals surface area (Å²) in [7, 11) is 0. The lowest BCUT2D eigenvalue weighted by molar-refractivity contribution is -0.302. The van der Waals surface area contributed by atoms with E-state index in [4.69, 9.17) is 9.47 Å². The highest BCUT2D eigenvalue weighted by Crippen LogP contribution is 2.23. The van der Waals surface area contributed by atoms with Gasteiger partial charge in [-0.1, -0.05) is 327 Å². The van der Waals surface area contributed by atoms with E-state index in [1.165, 1.54) is 186 Å². The first-order chi connectivity index (χ1) is 43.8. The lowest BCUT2D eigenvalue weighted by atomic mass is 9.99. The molecule has 0 aliphatic carbocycles. The Morgan fingerprint density at radius 2 is 0.708 bits per heavy atom. The monoisotopic (exact) mass is 1240 g/mol. The average molecular weight is 1240 g/mol. The number of hydrogen-bond acceptors (Lipinski definition) is 8. The number of nitrogens with one attached hydrogen (secondary N) is 1. The first-order valence-corrected chi connectivity index (χ1v) is 36.9. The SMILES string of the molecule is CC/C=C\C/C=C\C/C=C\C/C=C\C/C=C\C/C=C\C/C=C\C/C=C\CCCCCCCCCCCCCCC(=O)NC(COC1OC(CO)C(O)C(O)C1O)C(O)/C=C/CC/C=C/CC/C=C/CCCCCCCCCCCCCCCCCCCCC. The van der Waals surface area contributed by atoms with Crippen molar-refractivity contribution in [2.75, 3.05) is 13.2 Å². The number of rotatable bonds is 63. The molecule has 1 aliphatic rings. The number of amides is 1. The van der Waals surface area contributed by atoms with Crippen LogP contribution in [0.25, 0.3) is 0 Å². The molecule has 0 saturated carbocycles. The first-order valence-electron chi connectivity index (χ1n) is 36.9. The van der Waals surface area contributed by atoms with Gasteiger partial charge in [-0.05, 0) is 109 Å². The number of carbonyl (C=O) groups is 1. The number of ether oxygens (including phenoxy) is 2. The van der Waals surface area contributed by atoms with Crippen molar-refractivity contribution in [2.24, 2.45) is 0 Å². The van der Waals surface area contributed by atoms with Crippen LogP contribution in [-0.4, -0.2) is 87.5 Å². The predicted molar refractivity (Wildman–Crippen MR) is 382 cm³/mol. The Morgan fingerprint density at radius 3 is 1.08 bits per heavy atom. The number of unbranched alkanes of at least 4 members (excludes halogenated alkanes) is 33. The molecule has 7 atom stereocenters. The van der Waals surface area contributed by atoms with E-state index in [0.29, 0.717) is 6.42 Å². The Hall–Kier alpha value is -3.67. The molecule has 9 heteroatoms. The third kappa shape index (κ3) is 55.7. The second kappa shape index (κ2) is 67.2. The van der Waals surface area contributed by atoms with E-state index in [1.54, 1.807) is 6.08 Å². The van der Waals surface area contributed by atoms with Crippen molar-refractivity contribution in [3.05, 3.63) is 134 Å². The maximum Gasteiger partial charge on any atom is 0.220 e. The summed E-state index contributed by atoms with van der Waals surface area (Å²) in [5.41, 5.74) is 0. The molecule has 7 unspecified atom stereocenters. The zero-order chi connectivity index (χ0) is 64.2. The highest BCUT2D eigenvalue weighted by molar-refractivity contribution is 5.76. The molecular weight excluding hydrogens is 1100 g/mol. The van der Waals surface area contributed by atoms with E-state index in [2.05, 4.69) is 141 Å². The standard InChI is InChI=1S/C80H137NO8/c1-3-5-7-9-11-13-15-17-19-21-23-25-27-29-31-33-34-35-36-37-38-39-40-42-44-46-48-50-52-54-56-58-60-62-64-66-68-70-76(84)81-73(72-88-80-79(87)78(86)77(85)75(71-82)89-80)74(83)69-67-65-63-61-59-57-55-53-51-49-47-45-43-41-32-30-28-26-24-22-20-18-16-14-12-10-8-6-4-2/h5,7,11,13,17,19,23,25,29,31,34-35,37-38,40,42,51,53,59,61,67,69,73-75,77-80,82-83,85-87H,3-4,6,8-10,12,14-16,18,20-22,24,26-28,30,32-33,36,39,41,43-50,52,54-58,60,62-66,68,70-72H2,1-2H3,(H,81,84)/b7-5-,13-11-,19-17-,25-23-,31-29-,35-34-,38-37-,42-40-,53-51+,61-59+,69-67+. The van der Waals surface area contributed by atoms with E-state index in [1.807, 2.05) is 6.08 Å². The first kappa shape index (κ1) is 83.3. The lowest BCUT2D eigenvalue weighted by Gasteiger charge is -2.40. The van der Waals surface area contributed by atoms with Crippen LogP contribution >= 0.6 is 0 Å². The molecule has 1 heterocycles. The van der Waals surface area contributed by atoms with Gasteiger partial charge in [0.25, 0.3) is 0 Å². The fourth-order valence-corrected chi connectivity index (χ4v) is 11.0. The van der Waals surface area contributed by atoms with Crippen LogP contribution in [0.15, 0.2) is 134 Å². The molecule has 0 aromatic heterocycles. The molecule has 9 nitrogen and oxygen atoms in total. The Kier molecular flexibility index (Phi) is 63.0. The number of allylic oxidation sites excluding steroid dienone is 21. The molecular formula is C80H137NO8. The molecule has 0 bridgehead atoms. The minimum absolute atomic E-state index is 0.195. The van der Waals surface area contributed by atoms with Gasteiger partial charge in [0, 0.05) is 6.42 Å². The Bertz CT molecular complexity index is 1870. The molecule has 0 spiro atoms. The molecule has 1 amide bonds. The second-order valence-corrected chi connectivity index (χ2v) is 25.0. The molecule has 89 heavy (non-hydrogen) atoms. The zero-order valence-corrected chi connectivity index (χ0v) is 57.1. The van der Waals surface area contributed by atoms with Gasteiger partial charge in [0.2, 0.25) is 5.91 Å². The van der Waals surface area contributed by atoms with Crippen LogP contribution in [-0.2, 0) is 14.3 Å². The average Bonchev–Trinajstić information content (AvgIpc) is 2.28. The summed E-state index contributed by atoms with van der Waals surface area (Å²) in [6, 6.07) is -0.840. The molecule has 6 N–H and O–H groups in total. The van der Waals surface area contributed by atoms with Crippen LogP contribution in [0.1, 0.15) is 309 Å². The second-order valence-electron chi connectivity index (χ2n) is 25.0. The van der Waals surface area contributed by atoms with E-state index < -0.39 is 49.5 Å². The third-order valence-corrected chi connectivity index (χ3v) is 16.7. The largest absolute Gasteiger partial charge is 0.394 e. The van der Waals surface area contributed by atoms with Gasteiger partial charge in [-0.2, -0.15) is 0 Å². The minimum atomic E-state index is -1.58. The van der Waals surface area contributed by atoms with Crippen LogP contribution in [0.2, 0.25) is 0 Å². The zero-order valence-electron chi connectivity index (χ0n) is 57.1. The summed E-state index contributed by atoms with van der Waals surface area (Å²) in [5, 5.41) is 54.8. The lowest BCUT2D eigenvalue weighted by Crippen LogP contribution is -2.60.